The summed E-state index contributed by atoms with van der Waals surface area (Å²) in [6.07, 6.45) is 6.69. The summed E-state index contributed by atoms with van der Waals surface area (Å²) in [6.45, 7) is 2.30. The topological polar surface area (TPSA) is 69.0 Å². The molecular formula is C18H18N4O2. The average Bonchev–Trinajstić information content (AvgIpc) is 3.16. The number of ether oxygens (including phenoxy) is 1. The van der Waals surface area contributed by atoms with Gasteiger partial charge in [-0.25, -0.2) is 9.97 Å². The monoisotopic (exact) mass is 322 g/mol. The summed E-state index contributed by atoms with van der Waals surface area (Å²) in [7, 11) is 0. The molecule has 122 valence electrons. The van der Waals surface area contributed by atoms with Gasteiger partial charge in [-0.15, -0.1) is 0 Å². The van der Waals surface area contributed by atoms with Gasteiger partial charge in [-0.2, -0.15) is 0 Å². The van der Waals surface area contributed by atoms with Gasteiger partial charge in [0, 0.05) is 24.2 Å². The number of hydrogen-bond donors (Lipinski definition) is 1. The van der Waals surface area contributed by atoms with E-state index in [2.05, 4.69) is 15.3 Å². The van der Waals surface area contributed by atoms with Crippen molar-refractivity contribution in [2.75, 3.05) is 6.61 Å². The molecule has 1 aromatic carbocycles. The molecule has 2 aromatic heterocycles. The van der Waals surface area contributed by atoms with Crippen LogP contribution in [0.15, 0.2) is 67.4 Å². The van der Waals surface area contributed by atoms with E-state index < -0.39 is 0 Å². The SMILES string of the molecule is C[C@H](COc1ccccc1)NC(=O)c1ccnc(-n2ccnc2)c1. The summed E-state index contributed by atoms with van der Waals surface area (Å²) in [5, 5.41) is 2.92. The van der Waals surface area contributed by atoms with Crippen molar-refractivity contribution < 1.29 is 9.53 Å². The molecule has 1 N–H and O–H groups in total. The fourth-order valence-corrected chi connectivity index (χ4v) is 2.18. The van der Waals surface area contributed by atoms with Gasteiger partial charge in [-0.1, -0.05) is 18.2 Å². The Morgan fingerprint density at radius 3 is 2.83 bits per heavy atom. The molecule has 6 heteroatoms. The van der Waals surface area contributed by atoms with Crippen LogP contribution in [0, 0.1) is 0 Å². The Kier molecular flexibility index (Phi) is 4.86. The third kappa shape index (κ3) is 3.98. The predicted octanol–water partition coefficient (Wildman–Crippen LogP) is 2.46. The molecule has 0 fully saturated rings. The lowest BCUT2D eigenvalue weighted by atomic mass is 10.2. The zero-order chi connectivity index (χ0) is 16.8. The quantitative estimate of drug-likeness (QED) is 0.757. The van der Waals surface area contributed by atoms with E-state index in [1.807, 2.05) is 37.3 Å². The number of rotatable bonds is 6. The highest BCUT2D eigenvalue weighted by Gasteiger charge is 2.11. The van der Waals surface area contributed by atoms with Crippen LogP contribution in [0.25, 0.3) is 5.82 Å². The summed E-state index contributed by atoms with van der Waals surface area (Å²) in [6, 6.07) is 12.8. The molecule has 3 rings (SSSR count). The van der Waals surface area contributed by atoms with Crippen molar-refractivity contribution in [3.05, 3.63) is 72.9 Å². The average molecular weight is 322 g/mol. The summed E-state index contributed by atoms with van der Waals surface area (Å²) in [4.78, 5) is 20.6. The van der Waals surface area contributed by atoms with Crippen LogP contribution in [0.2, 0.25) is 0 Å². The second-order valence-electron chi connectivity index (χ2n) is 5.37. The van der Waals surface area contributed by atoms with Gasteiger partial charge >= 0.3 is 0 Å². The second kappa shape index (κ2) is 7.41. The number of pyridine rings is 1. The fourth-order valence-electron chi connectivity index (χ4n) is 2.18. The smallest absolute Gasteiger partial charge is 0.251 e. The number of aromatic nitrogens is 3. The van der Waals surface area contributed by atoms with E-state index >= 15 is 0 Å². The molecule has 0 radical (unpaired) electrons. The van der Waals surface area contributed by atoms with E-state index in [0.717, 1.165) is 5.75 Å². The van der Waals surface area contributed by atoms with Crippen molar-refractivity contribution in [2.45, 2.75) is 13.0 Å². The number of nitrogens with one attached hydrogen (secondary N) is 1. The first-order valence-electron chi connectivity index (χ1n) is 7.65. The molecule has 0 bridgehead atoms. The van der Waals surface area contributed by atoms with Gasteiger partial charge in [0.1, 0.15) is 24.5 Å². The Morgan fingerprint density at radius 1 is 1.25 bits per heavy atom. The normalized spacial score (nSPS) is 11.7. The number of hydrogen-bond acceptors (Lipinski definition) is 4. The fraction of sp³-hybridized carbons (Fsp3) is 0.167. The molecular weight excluding hydrogens is 304 g/mol. The summed E-state index contributed by atoms with van der Waals surface area (Å²) in [5.74, 6) is 1.26. The molecule has 0 spiro atoms. The van der Waals surface area contributed by atoms with Crippen LogP contribution in [-0.2, 0) is 0 Å². The van der Waals surface area contributed by atoms with Crippen LogP contribution in [0.4, 0.5) is 0 Å². The number of para-hydroxylation sites is 1. The van der Waals surface area contributed by atoms with Gasteiger partial charge in [-0.3, -0.25) is 9.36 Å². The molecule has 1 amide bonds. The Morgan fingerprint density at radius 2 is 2.08 bits per heavy atom. The third-order valence-electron chi connectivity index (χ3n) is 3.40. The van der Waals surface area contributed by atoms with Gasteiger partial charge in [0.25, 0.3) is 5.91 Å². The highest BCUT2D eigenvalue weighted by molar-refractivity contribution is 5.94. The first-order chi connectivity index (χ1) is 11.7. The molecule has 0 saturated carbocycles. The molecule has 0 unspecified atom stereocenters. The summed E-state index contributed by atoms with van der Waals surface area (Å²) >= 11 is 0. The van der Waals surface area contributed by atoms with Crippen LogP contribution in [0.5, 0.6) is 5.75 Å². The van der Waals surface area contributed by atoms with E-state index in [1.54, 1.807) is 41.6 Å². The molecule has 0 aliphatic carbocycles. The Hall–Kier alpha value is -3.15. The maximum atomic E-state index is 12.4. The van der Waals surface area contributed by atoms with E-state index in [1.165, 1.54) is 0 Å². The van der Waals surface area contributed by atoms with E-state index in [4.69, 9.17) is 4.74 Å². The first-order valence-corrected chi connectivity index (χ1v) is 7.65. The number of imidazole rings is 1. The number of amides is 1. The molecule has 0 aliphatic rings. The lowest BCUT2D eigenvalue weighted by molar-refractivity contribution is 0.0926. The van der Waals surface area contributed by atoms with Gasteiger partial charge in [0.2, 0.25) is 0 Å². The second-order valence-corrected chi connectivity index (χ2v) is 5.37. The lowest BCUT2D eigenvalue weighted by Crippen LogP contribution is -2.36. The van der Waals surface area contributed by atoms with Gasteiger partial charge in [0.15, 0.2) is 0 Å². The zero-order valence-electron chi connectivity index (χ0n) is 13.3. The first kappa shape index (κ1) is 15.7. The lowest BCUT2D eigenvalue weighted by Gasteiger charge is -2.15. The molecule has 0 saturated heterocycles. The van der Waals surface area contributed by atoms with Crippen LogP contribution < -0.4 is 10.1 Å². The Labute approximate surface area is 140 Å². The van der Waals surface area contributed by atoms with Crippen molar-refractivity contribution in [1.82, 2.24) is 19.9 Å². The molecule has 6 nitrogen and oxygen atoms in total. The number of carbonyl (C=O) groups excluding carboxylic acids is 1. The van der Waals surface area contributed by atoms with Crippen molar-refractivity contribution >= 4 is 5.91 Å². The Bertz CT molecular complexity index is 788. The number of carbonyl (C=O) groups is 1. The van der Waals surface area contributed by atoms with Crippen LogP contribution in [0.3, 0.4) is 0 Å². The Balaban J connectivity index is 1.59. The zero-order valence-corrected chi connectivity index (χ0v) is 13.3. The van der Waals surface area contributed by atoms with E-state index in [0.29, 0.717) is 18.0 Å². The molecule has 2 heterocycles. The van der Waals surface area contributed by atoms with Crippen LogP contribution >= 0.6 is 0 Å². The standard InChI is InChI=1S/C18H18N4O2/c1-14(12-24-16-5-3-2-4-6-16)21-18(23)15-7-8-20-17(11-15)22-10-9-19-13-22/h2-11,13-14H,12H2,1H3,(H,21,23)/t14-/m1/s1. The minimum Gasteiger partial charge on any atom is -0.491 e. The maximum Gasteiger partial charge on any atom is 0.251 e. The molecule has 0 aliphatic heterocycles. The number of benzene rings is 1. The third-order valence-corrected chi connectivity index (χ3v) is 3.40. The van der Waals surface area contributed by atoms with Crippen LogP contribution in [-0.4, -0.2) is 33.1 Å². The largest absolute Gasteiger partial charge is 0.491 e. The summed E-state index contributed by atoms with van der Waals surface area (Å²) in [5.41, 5.74) is 0.542. The minimum atomic E-state index is -0.164. The van der Waals surface area contributed by atoms with Gasteiger partial charge in [-0.05, 0) is 31.2 Å². The highest BCUT2D eigenvalue weighted by Crippen LogP contribution is 2.09. The van der Waals surface area contributed by atoms with Crippen molar-refractivity contribution in [2.24, 2.45) is 0 Å². The number of nitrogens with zero attached hydrogens (tertiary/aromatic N) is 3. The van der Waals surface area contributed by atoms with Crippen LogP contribution in [0.1, 0.15) is 17.3 Å². The van der Waals surface area contributed by atoms with E-state index in [9.17, 15) is 4.79 Å². The highest BCUT2D eigenvalue weighted by atomic mass is 16.5. The van der Waals surface area contributed by atoms with Crippen molar-refractivity contribution in [1.29, 1.82) is 0 Å². The molecule has 24 heavy (non-hydrogen) atoms. The van der Waals surface area contributed by atoms with Gasteiger partial charge < -0.3 is 10.1 Å². The van der Waals surface area contributed by atoms with Gasteiger partial charge in [0.05, 0.1) is 6.04 Å². The van der Waals surface area contributed by atoms with Crippen molar-refractivity contribution in [3.63, 3.8) is 0 Å². The van der Waals surface area contributed by atoms with Crippen molar-refractivity contribution in [3.8, 4) is 11.6 Å². The van der Waals surface area contributed by atoms with E-state index in [-0.39, 0.29) is 11.9 Å². The molecule has 3 aromatic rings. The predicted molar refractivity (Wildman–Crippen MR) is 90.2 cm³/mol. The molecule has 1 atom stereocenters. The summed E-state index contributed by atoms with van der Waals surface area (Å²) < 4.78 is 7.40. The maximum absolute atomic E-state index is 12.4. The minimum absolute atomic E-state index is 0.123.